The molecule has 0 unspecified atom stereocenters. The molecule has 0 aliphatic carbocycles. The Hall–Kier alpha value is -3.33. The first-order valence-electron chi connectivity index (χ1n) is 9.04. The Balaban J connectivity index is 2.00. The van der Waals surface area contributed by atoms with E-state index in [1.807, 2.05) is 25.1 Å². The van der Waals surface area contributed by atoms with Gasteiger partial charge in [-0.1, -0.05) is 48.5 Å². The fourth-order valence-corrected chi connectivity index (χ4v) is 3.53. The molecular formula is C24H22N2O. The van der Waals surface area contributed by atoms with Gasteiger partial charge in [0.2, 0.25) is 0 Å². The van der Waals surface area contributed by atoms with Crippen LogP contribution in [0.4, 0.5) is 0 Å². The maximum Gasteiger partial charge on any atom is 0.253 e. The van der Waals surface area contributed by atoms with E-state index in [4.69, 9.17) is 0 Å². The number of para-hydroxylation sites is 1. The molecule has 4 aromatic rings. The molecular weight excluding hydrogens is 332 g/mol. The highest BCUT2D eigenvalue weighted by atomic mass is 16.2. The van der Waals surface area contributed by atoms with Gasteiger partial charge in [0.15, 0.2) is 0 Å². The molecule has 1 amide bonds. The standard InChI is InChI=1S/C24H22N2O/c1-17-13-20(24(27)25(2)3)15-21(14-17)26-22-12-8-7-11-19(22)16-23(26)18-9-5-4-6-10-18/h4-16H,1-3H3. The maximum atomic E-state index is 12.6. The van der Waals surface area contributed by atoms with E-state index in [9.17, 15) is 4.79 Å². The Bertz CT molecular complexity index is 1120. The molecule has 0 saturated carbocycles. The van der Waals surface area contributed by atoms with E-state index in [0.29, 0.717) is 5.56 Å². The van der Waals surface area contributed by atoms with E-state index >= 15 is 0 Å². The van der Waals surface area contributed by atoms with Crippen LogP contribution in [0.2, 0.25) is 0 Å². The molecule has 0 atom stereocenters. The third kappa shape index (κ3) is 3.13. The van der Waals surface area contributed by atoms with Crippen molar-refractivity contribution in [2.45, 2.75) is 6.92 Å². The zero-order valence-electron chi connectivity index (χ0n) is 15.8. The van der Waals surface area contributed by atoms with Crippen molar-refractivity contribution >= 4 is 16.8 Å². The first-order chi connectivity index (χ1) is 13.0. The molecule has 3 nitrogen and oxygen atoms in total. The number of benzene rings is 3. The minimum atomic E-state index is 0.0117. The summed E-state index contributed by atoms with van der Waals surface area (Å²) in [5.41, 5.74) is 6.16. The van der Waals surface area contributed by atoms with Crippen molar-refractivity contribution in [1.82, 2.24) is 9.47 Å². The number of carbonyl (C=O) groups excluding carboxylic acids is 1. The first kappa shape index (κ1) is 17.1. The van der Waals surface area contributed by atoms with Gasteiger partial charge in [0.05, 0.1) is 11.2 Å². The largest absolute Gasteiger partial charge is 0.345 e. The van der Waals surface area contributed by atoms with Crippen LogP contribution in [0, 0.1) is 6.92 Å². The highest BCUT2D eigenvalue weighted by Crippen LogP contribution is 2.32. The Morgan fingerprint density at radius 1 is 0.852 bits per heavy atom. The second-order valence-corrected chi connectivity index (χ2v) is 7.05. The maximum absolute atomic E-state index is 12.6. The smallest absolute Gasteiger partial charge is 0.253 e. The lowest BCUT2D eigenvalue weighted by Gasteiger charge is -2.16. The lowest BCUT2D eigenvalue weighted by molar-refractivity contribution is 0.0827. The van der Waals surface area contributed by atoms with E-state index in [-0.39, 0.29) is 5.91 Å². The third-order valence-corrected chi connectivity index (χ3v) is 4.75. The van der Waals surface area contributed by atoms with Gasteiger partial charge in [-0.25, -0.2) is 0 Å². The normalized spacial score (nSPS) is 10.9. The summed E-state index contributed by atoms with van der Waals surface area (Å²) >= 11 is 0. The highest BCUT2D eigenvalue weighted by molar-refractivity contribution is 5.95. The van der Waals surface area contributed by atoms with Gasteiger partial charge in [-0.2, -0.15) is 0 Å². The van der Waals surface area contributed by atoms with Crippen LogP contribution in [0.25, 0.3) is 27.8 Å². The van der Waals surface area contributed by atoms with Gasteiger partial charge in [0.1, 0.15) is 0 Å². The van der Waals surface area contributed by atoms with Crippen molar-refractivity contribution < 1.29 is 4.79 Å². The molecule has 3 aromatic carbocycles. The van der Waals surface area contributed by atoms with E-state index in [1.165, 1.54) is 5.39 Å². The van der Waals surface area contributed by atoms with E-state index in [1.54, 1.807) is 19.0 Å². The van der Waals surface area contributed by atoms with Gasteiger partial charge in [0.25, 0.3) is 5.91 Å². The molecule has 0 bridgehead atoms. The number of hydrogen-bond donors (Lipinski definition) is 0. The fourth-order valence-electron chi connectivity index (χ4n) is 3.53. The number of amides is 1. The Morgan fingerprint density at radius 2 is 1.56 bits per heavy atom. The summed E-state index contributed by atoms with van der Waals surface area (Å²) in [6.45, 7) is 2.03. The van der Waals surface area contributed by atoms with Gasteiger partial charge in [-0.3, -0.25) is 4.79 Å². The van der Waals surface area contributed by atoms with Crippen molar-refractivity contribution in [3.05, 3.63) is 90.0 Å². The summed E-state index contributed by atoms with van der Waals surface area (Å²) in [5.74, 6) is 0.0117. The number of hydrogen-bond acceptors (Lipinski definition) is 1. The SMILES string of the molecule is Cc1cc(C(=O)N(C)C)cc(-n2c(-c3ccccc3)cc3ccccc32)c1. The van der Waals surface area contributed by atoms with Crippen molar-refractivity contribution in [1.29, 1.82) is 0 Å². The zero-order chi connectivity index (χ0) is 19.0. The molecule has 0 aliphatic heterocycles. The Labute approximate surface area is 159 Å². The molecule has 3 heteroatoms. The molecule has 1 aromatic heterocycles. The molecule has 0 aliphatic rings. The van der Waals surface area contributed by atoms with Gasteiger partial charge >= 0.3 is 0 Å². The van der Waals surface area contributed by atoms with E-state index in [2.05, 4.69) is 65.2 Å². The molecule has 0 spiro atoms. The van der Waals surface area contributed by atoms with Crippen LogP contribution in [0.5, 0.6) is 0 Å². The number of nitrogens with zero attached hydrogens (tertiary/aromatic N) is 2. The van der Waals surface area contributed by atoms with Gasteiger partial charge < -0.3 is 9.47 Å². The summed E-state index contributed by atoms with van der Waals surface area (Å²) < 4.78 is 2.24. The molecule has 4 rings (SSSR count). The lowest BCUT2D eigenvalue weighted by atomic mass is 10.1. The number of fused-ring (bicyclic) bond motifs is 1. The number of carbonyl (C=O) groups is 1. The monoisotopic (exact) mass is 354 g/mol. The van der Waals surface area contributed by atoms with Crippen molar-refractivity contribution in [2.24, 2.45) is 0 Å². The molecule has 0 radical (unpaired) electrons. The quantitative estimate of drug-likeness (QED) is 0.489. The highest BCUT2D eigenvalue weighted by Gasteiger charge is 2.15. The van der Waals surface area contributed by atoms with Crippen molar-refractivity contribution in [2.75, 3.05) is 14.1 Å². The van der Waals surface area contributed by atoms with Gasteiger partial charge in [0, 0.05) is 30.7 Å². The van der Waals surface area contributed by atoms with Crippen LogP contribution in [-0.2, 0) is 0 Å². The number of rotatable bonds is 3. The molecule has 0 saturated heterocycles. The van der Waals surface area contributed by atoms with Crippen LogP contribution >= 0.6 is 0 Å². The molecule has 27 heavy (non-hydrogen) atoms. The van der Waals surface area contributed by atoms with Crippen LogP contribution in [0.3, 0.4) is 0 Å². The number of aryl methyl sites for hydroxylation is 1. The average Bonchev–Trinajstić information content (AvgIpc) is 3.07. The van der Waals surface area contributed by atoms with Gasteiger partial charge in [-0.15, -0.1) is 0 Å². The van der Waals surface area contributed by atoms with Crippen molar-refractivity contribution in [3.63, 3.8) is 0 Å². The Morgan fingerprint density at radius 3 is 2.30 bits per heavy atom. The second-order valence-electron chi connectivity index (χ2n) is 7.05. The molecule has 0 N–H and O–H groups in total. The summed E-state index contributed by atoms with van der Waals surface area (Å²) in [6, 6.07) is 27.0. The van der Waals surface area contributed by atoms with Crippen molar-refractivity contribution in [3.8, 4) is 16.9 Å². The minimum absolute atomic E-state index is 0.0117. The van der Waals surface area contributed by atoms with Crippen LogP contribution in [0.15, 0.2) is 78.9 Å². The van der Waals surface area contributed by atoms with E-state index < -0.39 is 0 Å². The van der Waals surface area contributed by atoms with Crippen LogP contribution < -0.4 is 0 Å². The minimum Gasteiger partial charge on any atom is -0.345 e. The summed E-state index contributed by atoms with van der Waals surface area (Å²) in [7, 11) is 3.57. The first-order valence-corrected chi connectivity index (χ1v) is 9.04. The van der Waals surface area contributed by atoms with E-state index in [0.717, 1.165) is 28.0 Å². The zero-order valence-corrected chi connectivity index (χ0v) is 15.8. The average molecular weight is 354 g/mol. The summed E-state index contributed by atoms with van der Waals surface area (Å²) in [4.78, 5) is 14.2. The molecule has 1 heterocycles. The lowest BCUT2D eigenvalue weighted by Crippen LogP contribution is -2.22. The molecule has 0 fully saturated rings. The predicted octanol–water partition coefficient (Wildman–Crippen LogP) is 5.31. The molecule has 134 valence electrons. The summed E-state index contributed by atoms with van der Waals surface area (Å²) in [5, 5.41) is 1.18. The van der Waals surface area contributed by atoms with Crippen LogP contribution in [-0.4, -0.2) is 29.5 Å². The second kappa shape index (κ2) is 6.76. The number of aromatic nitrogens is 1. The van der Waals surface area contributed by atoms with Crippen LogP contribution in [0.1, 0.15) is 15.9 Å². The third-order valence-electron chi connectivity index (χ3n) is 4.75. The van der Waals surface area contributed by atoms with Gasteiger partial charge in [-0.05, 0) is 48.4 Å². The Kier molecular flexibility index (Phi) is 4.28. The predicted molar refractivity (Wildman–Crippen MR) is 111 cm³/mol. The summed E-state index contributed by atoms with van der Waals surface area (Å²) in [6.07, 6.45) is 0. The topological polar surface area (TPSA) is 25.2 Å². The fraction of sp³-hybridized carbons (Fsp3) is 0.125.